The number of nitrogens with one attached hydrogen (secondary N) is 2. The molecule has 0 spiro atoms. The third kappa shape index (κ3) is 9.98. The van der Waals surface area contributed by atoms with Gasteiger partial charge in [0, 0.05) is 32.6 Å². The number of carbonyl (C=O) groups excluding carboxylic acids is 1. The fourth-order valence-electron chi connectivity index (χ4n) is 1.53. The van der Waals surface area contributed by atoms with Crippen LogP contribution in [0.5, 0.6) is 0 Å². The molecule has 10 nitrogen and oxygen atoms in total. The molecular weight excluding hydrogens is 306 g/mol. The van der Waals surface area contributed by atoms with Crippen molar-refractivity contribution in [2.45, 2.75) is 18.9 Å². The summed E-state index contributed by atoms with van der Waals surface area (Å²) in [5, 5.41) is 21.7. The highest BCUT2D eigenvalue weighted by molar-refractivity contribution is 5.83. The molecule has 130 valence electrons. The maximum Gasteiger partial charge on any atom is 0.326 e. The van der Waals surface area contributed by atoms with Gasteiger partial charge < -0.3 is 31.1 Å². The lowest BCUT2D eigenvalue weighted by molar-refractivity contribution is -0.141. The highest BCUT2D eigenvalue weighted by Crippen LogP contribution is 2.00. The molecule has 0 saturated carbocycles. The molecule has 6 N–H and O–H groups in total. The molecule has 0 aromatic carbocycles. The number of hydrogen-bond acceptors (Lipinski definition) is 6. The number of aromatic nitrogens is 2. The van der Waals surface area contributed by atoms with Gasteiger partial charge in [0.2, 0.25) is 5.91 Å². The van der Waals surface area contributed by atoms with Crippen LogP contribution in [-0.4, -0.2) is 63.8 Å². The molecule has 0 aliphatic carbocycles. The lowest BCUT2D eigenvalue weighted by Gasteiger charge is -2.12. The van der Waals surface area contributed by atoms with Gasteiger partial charge in [-0.2, -0.15) is 0 Å². The van der Waals surface area contributed by atoms with Crippen molar-refractivity contribution in [2.75, 3.05) is 20.1 Å². The molecule has 10 heteroatoms. The van der Waals surface area contributed by atoms with Gasteiger partial charge in [0.05, 0.1) is 18.6 Å². The zero-order chi connectivity index (χ0) is 17.8. The summed E-state index contributed by atoms with van der Waals surface area (Å²) in [6.07, 6.45) is 3.57. The average molecular weight is 329 g/mol. The van der Waals surface area contributed by atoms with Crippen LogP contribution in [0.1, 0.15) is 12.1 Å². The van der Waals surface area contributed by atoms with Crippen LogP contribution in [0, 0.1) is 0 Å². The number of hydrogen-bond donors (Lipinski definition) is 5. The van der Waals surface area contributed by atoms with E-state index in [9.17, 15) is 14.4 Å². The predicted molar refractivity (Wildman–Crippen MR) is 81.7 cm³/mol. The Bertz CT molecular complexity index is 517. The predicted octanol–water partition coefficient (Wildman–Crippen LogP) is -1.83. The maximum atomic E-state index is 11.3. The Hall–Kier alpha value is -2.46. The molecule has 0 radical (unpaired) electrons. The molecule has 0 fully saturated rings. The Morgan fingerprint density at radius 3 is 2.39 bits per heavy atom. The van der Waals surface area contributed by atoms with Gasteiger partial charge in [-0.3, -0.25) is 9.59 Å². The average Bonchev–Trinajstić information content (AvgIpc) is 2.84. The van der Waals surface area contributed by atoms with Gasteiger partial charge >= 0.3 is 11.9 Å². The molecule has 1 rings (SSSR count). The van der Waals surface area contributed by atoms with Gasteiger partial charge in [-0.25, -0.2) is 9.78 Å². The number of amides is 1. The van der Waals surface area contributed by atoms with Crippen molar-refractivity contribution in [3.63, 3.8) is 0 Å². The summed E-state index contributed by atoms with van der Waals surface area (Å²) in [7, 11) is 3.38. The summed E-state index contributed by atoms with van der Waals surface area (Å²) in [5.41, 5.74) is 5.83. The SMILES string of the molecule is CNCC(=O)O.Cn1cnc(CC(NC(=O)CCN)C(=O)O)c1. The lowest BCUT2D eigenvalue weighted by atomic mass is 10.1. The Kier molecular flexibility index (Phi) is 9.96. The minimum Gasteiger partial charge on any atom is -0.480 e. The van der Waals surface area contributed by atoms with Crippen LogP contribution < -0.4 is 16.4 Å². The van der Waals surface area contributed by atoms with Crippen LogP contribution in [0.25, 0.3) is 0 Å². The number of imidazole rings is 1. The van der Waals surface area contributed by atoms with Crippen molar-refractivity contribution in [1.82, 2.24) is 20.2 Å². The summed E-state index contributed by atoms with van der Waals surface area (Å²) >= 11 is 0. The highest BCUT2D eigenvalue weighted by atomic mass is 16.4. The Morgan fingerprint density at radius 1 is 1.39 bits per heavy atom. The Labute approximate surface area is 133 Å². The highest BCUT2D eigenvalue weighted by Gasteiger charge is 2.20. The first-order valence-corrected chi connectivity index (χ1v) is 6.85. The molecule has 23 heavy (non-hydrogen) atoms. The van der Waals surface area contributed by atoms with E-state index in [0.29, 0.717) is 5.69 Å². The van der Waals surface area contributed by atoms with Gasteiger partial charge in [0.1, 0.15) is 6.04 Å². The monoisotopic (exact) mass is 329 g/mol. The number of aryl methyl sites for hydroxylation is 1. The van der Waals surface area contributed by atoms with Crippen LogP contribution >= 0.6 is 0 Å². The molecule has 0 saturated heterocycles. The van der Waals surface area contributed by atoms with Crippen LogP contribution in [-0.2, 0) is 27.9 Å². The maximum absolute atomic E-state index is 11.3. The summed E-state index contributed by atoms with van der Waals surface area (Å²) in [6, 6.07) is -0.969. The molecule has 1 unspecified atom stereocenters. The van der Waals surface area contributed by atoms with Gasteiger partial charge in [0.25, 0.3) is 0 Å². The normalized spacial score (nSPS) is 11.1. The number of likely N-dealkylation sites (N-methyl/N-ethyl adjacent to an activating group) is 1. The summed E-state index contributed by atoms with van der Waals surface area (Å²) in [4.78, 5) is 35.8. The molecule has 1 aromatic heterocycles. The molecule has 0 aliphatic rings. The van der Waals surface area contributed by atoms with Crippen molar-refractivity contribution >= 4 is 17.8 Å². The number of carboxylic acid groups (broad SMARTS) is 2. The number of nitrogens with zero attached hydrogens (tertiary/aromatic N) is 2. The van der Waals surface area contributed by atoms with E-state index < -0.39 is 18.0 Å². The zero-order valence-corrected chi connectivity index (χ0v) is 13.2. The van der Waals surface area contributed by atoms with Crippen LogP contribution in [0.15, 0.2) is 12.5 Å². The van der Waals surface area contributed by atoms with Crippen molar-refractivity contribution < 1.29 is 24.6 Å². The first kappa shape index (κ1) is 20.5. The summed E-state index contributed by atoms with van der Waals surface area (Å²) in [5.74, 6) is -2.27. The van der Waals surface area contributed by atoms with Gasteiger partial charge in [-0.05, 0) is 7.05 Å². The molecule has 1 amide bonds. The second-order valence-electron chi connectivity index (χ2n) is 4.66. The van der Waals surface area contributed by atoms with Crippen LogP contribution in [0.2, 0.25) is 0 Å². The number of carbonyl (C=O) groups is 3. The van der Waals surface area contributed by atoms with Crippen LogP contribution in [0.4, 0.5) is 0 Å². The van der Waals surface area contributed by atoms with Gasteiger partial charge in [0.15, 0.2) is 0 Å². The van der Waals surface area contributed by atoms with Crippen molar-refractivity contribution in [3.8, 4) is 0 Å². The first-order valence-electron chi connectivity index (χ1n) is 6.85. The van der Waals surface area contributed by atoms with E-state index in [0.717, 1.165) is 0 Å². The van der Waals surface area contributed by atoms with Gasteiger partial charge in [-0.1, -0.05) is 0 Å². The van der Waals surface area contributed by atoms with E-state index in [2.05, 4.69) is 15.6 Å². The lowest BCUT2D eigenvalue weighted by Crippen LogP contribution is -2.42. The van der Waals surface area contributed by atoms with E-state index >= 15 is 0 Å². The largest absolute Gasteiger partial charge is 0.480 e. The number of carboxylic acids is 2. The first-order chi connectivity index (χ1) is 10.8. The van der Waals surface area contributed by atoms with Crippen molar-refractivity contribution in [3.05, 3.63) is 18.2 Å². The fourth-order valence-corrected chi connectivity index (χ4v) is 1.53. The number of nitrogens with two attached hydrogens (primary N) is 1. The van der Waals surface area contributed by atoms with E-state index in [4.69, 9.17) is 15.9 Å². The second kappa shape index (κ2) is 11.2. The standard InChI is InChI=1S/C10H16N4O3.C3H7NO2/c1-14-5-7(12-6-14)4-8(10(16)17)13-9(15)2-3-11;1-4-2-3(5)6/h5-6,8H,2-4,11H2,1H3,(H,13,15)(H,16,17);4H,2H2,1H3,(H,5,6). The summed E-state index contributed by atoms with van der Waals surface area (Å²) < 4.78 is 1.72. The number of aliphatic carboxylic acids is 2. The smallest absolute Gasteiger partial charge is 0.326 e. The van der Waals surface area contributed by atoms with E-state index in [1.807, 2.05) is 0 Å². The second-order valence-corrected chi connectivity index (χ2v) is 4.66. The molecule has 0 bridgehead atoms. The minimum absolute atomic E-state index is 0.0417. The summed E-state index contributed by atoms with van der Waals surface area (Å²) in [6.45, 7) is 0.238. The van der Waals surface area contributed by atoms with E-state index in [1.165, 1.54) is 0 Å². The molecule has 1 aromatic rings. The minimum atomic E-state index is -1.08. The van der Waals surface area contributed by atoms with Crippen molar-refractivity contribution in [2.24, 2.45) is 12.8 Å². The molecular formula is C13H23N5O5. The van der Waals surface area contributed by atoms with Crippen molar-refractivity contribution in [1.29, 1.82) is 0 Å². The Balaban J connectivity index is 0.000000688. The van der Waals surface area contributed by atoms with E-state index in [-0.39, 0.29) is 31.8 Å². The van der Waals surface area contributed by atoms with E-state index in [1.54, 1.807) is 31.2 Å². The zero-order valence-electron chi connectivity index (χ0n) is 13.2. The molecule has 0 aliphatic heterocycles. The fraction of sp³-hybridized carbons (Fsp3) is 0.538. The molecule has 1 heterocycles. The quantitative estimate of drug-likeness (QED) is 0.372. The third-order valence-electron chi connectivity index (χ3n) is 2.50. The third-order valence-corrected chi connectivity index (χ3v) is 2.50. The van der Waals surface area contributed by atoms with Crippen LogP contribution in [0.3, 0.4) is 0 Å². The van der Waals surface area contributed by atoms with Gasteiger partial charge in [-0.15, -0.1) is 0 Å². The molecule has 1 atom stereocenters. The Morgan fingerprint density at radius 2 is 2.04 bits per heavy atom. The topological polar surface area (TPSA) is 160 Å². The number of rotatable bonds is 8.